The number of alkyl halides is 2. The Morgan fingerprint density at radius 1 is 1.43 bits per heavy atom. The standard InChI is InChI=1S/C8H16BF2NO2/c10-7(11)8(3-5-12-6-8)2-1-4-9(13)14/h7,12-14H,1-6H2/t8-/m0/s1. The lowest BCUT2D eigenvalue weighted by Crippen LogP contribution is -2.32. The molecule has 0 aromatic carbocycles. The Kier molecular flexibility index (Phi) is 4.28. The molecule has 1 aliphatic rings. The van der Waals surface area contributed by atoms with E-state index in [1.165, 1.54) is 0 Å². The fraction of sp³-hybridized carbons (Fsp3) is 1.00. The highest BCUT2D eigenvalue weighted by Crippen LogP contribution is 2.37. The van der Waals surface area contributed by atoms with Gasteiger partial charge in [0.15, 0.2) is 0 Å². The smallest absolute Gasteiger partial charge is 0.427 e. The third-order valence-corrected chi connectivity index (χ3v) is 2.88. The van der Waals surface area contributed by atoms with Crippen molar-refractivity contribution in [1.82, 2.24) is 5.32 Å². The summed E-state index contributed by atoms with van der Waals surface area (Å²) in [5.74, 6) is 0. The first-order valence-electron chi connectivity index (χ1n) is 4.92. The molecule has 1 fully saturated rings. The highest BCUT2D eigenvalue weighted by molar-refractivity contribution is 6.40. The minimum absolute atomic E-state index is 0.175. The van der Waals surface area contributed by atoms with E-state index in [9.17, 15) is 8.78 Å². The molecular formula is C8H16BF2NO2. The quantitative estimate of drug-likeness (QED) is 0.575. The van der Waals surface area contributed by atoms with Crippen LogP contribution in [0.15, 0.2) is 0 Å². The summed E-state index contributed by atoms with van der Waals surface area (Å²) >= 11 is 0. The maximum Gasteiger partial charge on any atom is 0.451 e. The summed E-state index contributed by atoms with van der Waals surface area (Å²) in [6.07, 6.45) is -0.882. The Bertz CT molecular complexity index is 175. The Hall–Kier alpha value is -0.195. The molecule has 1 aliphatic heterocycles. The van der Waals surface area contributed by atoms with Crippen LogP contribution in [-0.4, -0.2) is 36.7 Å². The van der Waals surface area contributed by atoms with Crippen LogP contribution in [0, 0.1) is 5.41 Å². The number of nitrogens with one attached hydrogen (secondary N) is 1. The molecule has 14 heavy (non-hydrogen) atoms. The second-order valence-electron chi connectivity index (χ2n) is 3.96. The zero-order valence-electron chi connectivity index (χ0n) is 8.05. The second kappa shape index (κ2) is 5.05. The Labute approximate surface area is 82.7 Å². The van der Waals surface area contributed by atoms with Gasteiger partial charge < -0.3 is 15.4 Å². The average Bonchev–Trinajstić information content (AvgIpc) is 2.53. The molecule has 0 saturated carbocycles. The van der Waals surface area contributed by atoms with Crippen molar-refractivity contribution < 1.29 is 18.8 Å². The maximum atomic E-state index is 12.8. The second-order valence-corrected chi connectivity index (χ2v) is 3.96. The van der Waals surface area contributed by atoms with Gasteiger partial charge in [-0.15, -0.1) is 0 Å². The van der Waals surface area contributed by atoms with Crippen molar-refractivity contribution in [3.63, 3.8) is 0 Å². The van der Waals surface area contributed by atoms with Crippen LogP contribution in [0.5, 0.6) is 0 Å². The summed E-state index contributed by atoms with van der Waals surface area (Å²) in [6.45, 7) is 0.970. The van der Waals surface area contributed by atoms with Crippen molar-refractivity contribution in [2.75, 3.05) is 13.1 Å². The predicted octanol–water partition coefficient (Wildman–Crippen LogP) is 0.484. The highest BCUT2D eigenvalue weighted by atomic mass is 19.3. The van der Waals surface area contributed by atoms with Crippen LogP contribution in [0.3, 0.4) is 0 Å². The van der Waals surface area contributed by atoms with E-state index in [2.05, 4.69) is 5.32 Å². The number of hydrogen-bond donors (Lipinski definition) is 3. The minimum atomic E-state index is -2.33. The van der Waals surface area contributed by atoms with Crippen molar-refractivity contribution >= 4 is 7.12 Å². The summed E-state index contributed by atoms with van der Waals surface area (Å²) in [5, 5.41) is 20.1. The number of rotatable bonds is 5. The number of halogens is 2. The lowest BCUT2D eigenvalue weighted by molar-refractivity contribution is 0.00140. The maximum absolute atomic E-state index is 12.8. The normalized spacial score (nSPS) is 27.2. The molecule has 3 N–H and O–H groups in total. The molecule has 0 aliphatic carbocycles. The van der Waals surface area contributed by atoms with Crippen molar-refractivity contribution in [3.8, 4) is 0 Å². The molecule has 0 bridgehead atoms. The van der Waals surface area contributed by atoms with E-state index in [1.807, 2.05) is 0 Å². The summed E-state index contributed by atoms with van der Waals surface area (Å²) in [4.78, 5) is 0. The molecule has 6 heteroatoms. The SMILES string of the molecule is OB(O)CCC[C@]1(C(F)F)CCNC1. The van der Waals surface area contributed by atoms with Gasteiger partial charge in [0.1, 0.15) is 0 Å². The predicted molar refractivity (Wildman–Crippen MR) is 50.2 cm³/mol. The average molecular weight is 207 g/mol. The van der Waals surface area contributed by atoms with E-state index >= 15 is 0 Å². The van der Waals surface area contributed by atoms with Gasteiger partial charge in [0.25, 0.3) is 0 Å². The van der Waals surface area contributed by atoms with E-state index < -0.39 is 19.0 Å². The molecule has 0 radical (unpaired) electrons. The number of hydrogen-bond acceptors (Lipinski definition) is 3. The van der Waals surface area contributed by atoms with E-state index in [4.69, 9.17) is 10.0 Å². The lowest BCUT2D eigenvalue weighted by atomic mass is 9.76. The van der Waals surface area contributed by atoms with Gasteiger partial charge in [0.05, 0.1) is 0 Å². The molecule has 0 aromatic rings. The Balaban J connectivity index is 2.36. The third-order valence-electron chi connectivity index (χ3n) is 2.88. The van der Waals surface area contributed by atoms with Crippen molar-refractivity contribution in [2.45, 2.75) is 32.0 Å². The fourth-order valence-corrected chi connectivity index (χ4v) is 1.91. The molecule has 3 nitrogen and oxygen atoms in total. The van der Waals surface area contributed by atoms with Gasteiger partial charge in [-0.3, -0.25) is 0 Å². The van der Waals surface area contributed by atoms with Gasteiger partial charge in [-0.25, -0.2) is 8.78 Å². The molecule has 1 saturated heterocycles. The van der Waals surface area contributed by atoms with Gasteiger partial charge in [-0.1, -0.05) is 6.42 Å². The van der Waals surface area contributed by atoms with Crippen molar-refractivity contribution in [3.05, 3.63) is 0 Å². The van der Waals surface area contributed by atoms with Gasteiger partial charge in [0.2, 0.25) is 6.43 Å². The Morgan fingerprint density at radius 3 is 2.57 bits per heavy atom. The first-order valence-corrected chi connectivity index (χ1v) is 4.92. The molecule has 0 spiro atoms. The van der Waals surface area contributed by atoms with Crippen LogP contribution < -0.4 is 5.32 Å². The Morgan fingerprint density at radius 2 is 2.14 bits per heavy atom. The van der Waals surface area contributed by atoms with E-state index in [1.54, 1.807) is 0 Å². The first kappa shape index (κ1) is 11.9. The van der Waals surface area contributed by atoms with Crippen LogP contribution in [-0.2, 0) is 0 Å². The van der Waals surface area contributed by atoms with E-state index in [-0.39, 0.29) is 6.32 Å². The van der Waals surface area contributed by atoms with Crippen LogP contribution in [0.2, 0.25) is 6.32 Å². The molecule has 82 valence electrons. The fourth-order valence-electron chi connectivity index (χ4n) is 1.91. The van der Waals surface area contributed by atoms with Gasteiger partial charge in [0, 0.05) is 12.0 Å². The zero-order chi connectivity index (χ0) is 10.6. The topological polar surface area (TPSA) is 52.5 Å². The van der Waals surface area contributed by atoms with Gasteiger partial charge >= 0.3 is 7.12 Å². The van der Waals surface area contributed by atoms with E-state index in [0.717, 1.165) is 0 Å². The summed E-state index contributed by atoms with van der Waals surface area (Å²) < 4.78 is 25.5. The molecule has 1 rings (SSSR count). The summed E-state index contributed by atoms with van der Waals surface area (Å²) in [5.41, 5.74) is -0.936. The van der Waals surface area contributed by atoms with Crippen molar-refractivity contribution in [2.24, 2.45) is 5.41 Å². The van der Waals surface area contributed by atoms with Crippen LogP contribution in [0.25, 0.3) is 0 Å². The van der Waals surface area contributed by atoms with E-state index in [0.29, 0.717) is 32.4 Å². The molecule has 0 unspecified atom stereocenters. The molecule has 1 heterocycles. The first-order chi connectivity index (χ1) is 6.57. The summed E-state index contributed by atoms with van der Waals surface area (Å²) in [6, 6.07) is 0. The van der Waals surface area contributed by atoms with Crippen LogP contribution >= 0.6 is 0 Å². The summed E-state index contributed by atoms with van der Waals surface area (Å²) in [7, 11) is -1.38. The monoisotopic (exact) mass is 207 g/mol. The molecule has 0 aromatic heterocycles. The van der Waals surface area contributed by atoms with Gasteiger partial charge in [-0.05, 0) is 25.7 Å². The molecular weight excluding hydrogens is 191 g/mol. The van der Waals surface area contributed by atoms with Gasteiger partial charge in [-0.2, -0.15) is 0 Å². The third kappa shape index (κ3) is 2.90. The largest absolute Gasteiger partial charge is 0.451 e. The van der Waals surface area contributed by atoms with Crippen LogP contribution in [0.4, 0.5) is 8.78 Å². The van der Waals surface area contributed by atoms with Crippen molar-refractivity contribution in [1.29, 1.82) is 0 Å². The molecule has 1 atom stereocenters. The van der Waals surface area contributed by atoms with Crippen LogP contribution in [0.1, 0.15) is 19.3 Å². The highest BCUT2D eigenvalue weighted by Gasteiger charge is 2.41. The minimum Gasteiger partial charge on any atom is -0.427 e. The lowest BCUT2D eigenvalue weighted by Gasteiger charge is -2.26. The zero-order valence-corrected chi connectivity index (χ0v) is 8.05. The molecule has 0 amide bonds.